The third-order valence-electron chi connectivity index (χ3n) is 4.88. The van der Waals surface area contributed by atoms with Crippen LogP contribution in [0.2, 0.25) is 5.02 Å². The summed E-state index contributed by atoms with van der Waals surface area (Å²) in [5.41, 5.74) is 0.0633. The van der Waals surface area contributed by atoms with Crippen molar-refractivity contribution in [2.24, 2.45) is 0 Å². The van der Waals surface area contributed by atoms with E-state index in [9.17, 15) is 8.42 Å². The van der Waals surface area contributed by atoms with Crippen LogP contribution in [0.15, 0.2) is 17.0 Å². The zero-order valence-corrected chi connectivity index (χ0v) is 16.3. The van der Waals surface area contributed by atoms with E-state index in [1.54, 1.807) is 13.0 Å². The lowest BCUT2D eigenvalue weighted by molar-refractivity contribution is -0.137. The van der Waals surface area contributed by atoms with Crippen molar-refractivity contribution >= 4 is 21.6 Å². The highest BCUT2D eigenvalue weighted by Gasteiger charge is 2.47. The third kappa shape index (κ3) is 3.53. The zero-order valence-electron chi connectivity index (χ0n) is 14.7. The molecule has 2 aliphatic rings. The normalized spacial score (nSPS) is 27.8. The highest BCUT2D eigenvalue weighted by Crippen LogP contribution is 2.36. The molecule has 2 fully saturated rings. The lowest BCUT2D eigenvalue weighted by Gasteiger charge is -2.43. The Morgan fingerprint density at radius 1 is 1.44 bits per heavy atom. The summed E-state index contributed by atoms with van der Waals surface area (Å²) in [6, 6.07) is 3.13. The Bertz CT molecular complexity index is 746. The number of nitrogens with zero attached hydrogens (tertiary/aromatic N) is 1. The van der Waals surface area contributed by atoms with Crippen molar-refractivity contribution in [3.05, 3.63) is 22.7 Å². The molecule has 140 valence electrons. The van der Waals surface area contributed by atoms with Gasteiger partial charge in [0, 0.05) is 26.1 Å². The Balaban J connectivity index is 1.97. The number of ether oxygens (including phenoxy) is 3. The van der Waals surface area contributed by atoms with Crippen LogP contribution in [0.4, 0.5) is 0 Å². The van der Waals surface area contributed by atoms with E-state index in [-0.39, 0.29) is 16.0 Å². The maximum absolute atomic E-state index is 13.3. The summed E-state index contributed by atoms with van der Waals surface area (Å²) in [5.74, 6) is 0.465. The molecule has 2 saturated heterocycles. The summed E-state index contributed by atoms with van der Waals surface area (Å²) >= 11 is 6.17. The van der Waals surface area contributed by atoms with Crippen LogP contribution in [-0.4, -0.2) is 57.8 Å². The SMILES string of the molecule is CCC1CN(S(=O)(=O)c2cc(Cl)c(OC)cc2C)CC2(CCOC2)O1. The van der Waals surface area contributed by atoms with Gasteiger partial charge in [-0.1, -0.05) is 18.5 Å². The number of methoxy groups -OCH3 is 1. The van der Waals surface area contributed by atoms with E-state index in [2.05, 4.69) is 0 Å². The van der Waals surface area contributed by atoms with Crippen molar-refractivity contribution in [3.8, 4) is 5.75 Å². The fourth-order valence-corrected chi connectivity index (χ4v) is 5.54. The third-order valence-corrected chi connectivity index (χ3v) is 7.13. The van der Waals surface area contributed by atoms with E-state index in [0.717, 1.165) is 6.42 Å². The summed E-state index contributed by atoms with van der Waals surface area (Å²) in [4.78, 5) is 0.212. The van der Waals surface area contributed by atoms with Crippen LogP contribution in [0.25, 0.3) is 0 Å². The van der Waals surface area contributed by atoms with Gasteiger partial charge in [-0.3, -0.25) is 0 Å². The van der Waals surface area contributed by atoms with Gasteiger partial charge >= 0.3 is 0 Å². The second kappa shape index (κ2) is 7.04. The first-order valence-electron chi connectivity index (χ1n) is 8.41. The number of benzene rings is 1. The number of halogens is 1. The molecule has 1 aromatic rings. The van der Waals surface area contributed by atoms with Crippen LogP contribution < -0.4 is 4.74 Å². The second-order valence-corrected chi connectivity index (χ2v) is 9.00. The Kier molecular flexibility index (Phi) is 5.33. The van der Waals surface area contributed by atoms with E-state index < -0.39 is 15.6 Å². The van der Waals surface area contributed by atoms with Crippen LogP contribution in [0.3, 0.4) is 0 Å². The number of hydrogen-bond acceptors (Lipinski definition) is 5. The van der Waals surface area contributed by atoms with Crippen LogP contribution in [0, 0.1) is 6.92 Å². The predicted molar refractivity (Wildman–Crippen MR) is 94.8 cm³/mol. The molecule has 0 aliphatic carbocycles. The first-order chi connectivity index (χ1) is 11.8. The van der Waals surface area contributed by atoms with Gasteiger partial charge in [0.15, 0.2) is 0 Å². The van der Waals surface area contributed by atoms with Crippen molar-refractivity contribution < 1.29 is 22.6 Å². The van der Waals surface area contributed by atoms with Gasteiger partial charge in [-0.2, -0.15) is 4.31 Å². The number of aryl methyl sites for hydroxylation is 1. The lowest BCUT2D eigenvalue weighted by atomic mass is 10.00. The maximum Gasteiger partial charge on any atom is 0.243 e. The van der Waals surface area contributed by atoms with Crippen molar-refractivity contribution in [2.45, 2.75) is 43.3 Å². The number of hydrogen-bond donors (Lipinski definition) is 0. The molecule has 2 unspecified atom stereocenters. The Morgan fingerprint density at radius 2 is 2.20 bits per heavy atom. The van der Waals surface area contributed by atoms with Crippen molar-refractivity contribution in [3.63, 3.8) is 0 Å². The summed E-state index contributed by atoms with van der Waals surface area (Å²) in [6.07, 6.45) is 1.31. The van der Waals surface area contributed by atoms with Gasteiger partial charge in [0.1, 0.15) is 11.4 Å². The van der Waals surface area contributed by atoms with Gasteiger partial charge in [0.2, 0.25) is 10.0 Å². The topological polar surface area (TPSA) is 65.1 Å². The molecule has 8 heteroatoms. The quantitative estimate of drug-likeness (QED) is 0.792. The minimum absolute atomic E-state index is 0.140. The highest BCUT2D eigenvalue weighted by molar-refractivity contribution is 7.89. The number of sulfonamides is 1. The molecule has 0 saturated carbocycles. The largest absolute Gasteiger partial charge is 0.495 e. The molecule has 2 heterocycles. The average Bonchev–Trinajstić information content (AvgIpc) is 3.03. The molecule has 0 bridgehead atoms. The van der Waals surface area contributed by atoms with Crippen LogP contribution >= 0.6 is 11.6 Å². The summed E-state index contributed by atoms with van der Waals surface area (Å²) in [6.45, 7) is 5.41. The number of morpholine rings is 1. The molecule has 6 nitrogen and oxygen atoms in total. The Hall–Kier alpha value is -0.860. The van der Waals surface area contributed by atoms with Crippen molar-refractivity contribution in [2.75, 3.05) is 33.4 Å². The smallest absolute Gasteiger partial charge is 0.243 e. The molecule has 1 spiro atoms. The summed E-state index contributed by atoms with van der Waals surface area (Å²) < 4.78 is 44.9. The van der Waals surface area contributed by atoms with Crippen molar-refractivity contribution in [1.82, 2.24) is 4.31 Å². The molecule has 25 heavy (non-hydrogen) atoms. The number of rotatable bonds is 4. The monoisotopic (exact) mass is 389 g/mol. The van der Waals surface area contributed by atoms with E-state index in [0.29, 0.717) is 44.0 Å². The standard InChI is InChI=1S/C17H24ClNO5S/c1-4-13-9-19(10-17(24-13)5-6-23-11-17)25(20,21)16-8-14(18)15(22-3)7-12(16)2/h7-8,13H,4-6,9-11H2,1-3H3. The van der Waals surface area contributed by atoms with E-state index >= 15 is 0 Å². The molecular formula is C17H24ClNO5S. The fourth-order valence-electron chi connectivity index (χ4n) is 3.45. The predicted octanol–water partition coefficient (Wildman–Crippen LogP) is 2.62. The van der Waals surface area contributed by atoms with Crippen molar-refractivity contribution in [1.29, 1.82) is 0 Å². The molecule has 0 aromatic heterocycles. The summed E-state index contributed by atoms with van der Waals surface area (Å²) in [5, 5.41) is 0.283. The second-order valence-electron chi connectivity index (χ2n) is 6.68. The molecule has 0 amide bonds. The van der Waals surface area contributed by atoms with Gasteiger partial charge in [-0.25, -0.2) is 8.42 Å². The summed E-state index contributed by atoms with van der Waals surface area (Å²) in [7, 11) is -2.18. The van der Waals surface area contributed by atoms with Crippen LogP contribution in [0.1, 0.15) is 25.3 Å². The molecular weight excluding hydrogens is 366 g/mol. The minimum Gasteiger partial charge on any atom is -0.495 e. The Labute approximate surface area is 154 Å². The first kappa shape index (κ1) is 18.9. The van der Waals surface area contributed by atoms with Gasteiger partial charge in [0.25, 0.3) is 0 Å². The van der Waals surface area contributed by atoms with Gasteiger partial charge in [0.05, 0.1) is 29.7 Å². The fraction of sp³-hybridized carbons (Fsp3) is 0.647. The van der Waals surface area contributed by atoms with Gasteiger partial charge in [-0.15, -0.1) is 0 Å². The van der Waals surface area contributed by atoms with E-state index in [1.807, 2.05) is 6.92 Å². The van der Waals surface area contributed by atoms with Gasteiger partial charge < -0.3 is 14.2 Å². The van der Waals surface area contributed by atoms with Crippen LogP contribution in [-0.2, 0) is 19.5 Å². The van der Waals surface area contributed by atoms with Gasteiger partial charge in [-0.05, 0) is 31.0 Å². The Morgan fingerprint density at radius 3 is 2.80 bits per heavy atom. The van der Waals surface area contributed by atoms with E-state index in [1.165, 1.54) is 17.5 Å². The molecule has 3 rings (SSSR count). The average molecular weight is 390 g/mol. The zero-order chi connectivity index (χ0) is 18.2. The first-order valence-corrected chi connectivity index (χ1v) is 10.2. The van der Waals surface area contributed by atoms with Crippen LogP contribution in [0.5, 0.6) is 5.75 Å². The minimum atomic E-state index is -3.69. The lowest BCUT2D eigenvalue weighted by Crippen LogP contribution is -2.57. The molecule has 1 aromatic carbocycles. The van der Waals surface area contributed by atoms with E-state index in [4.69, 9.17) is 25.8 Å². The molecule has 0 radical (unpaired) electrons. The highest BCUT2D eigenvalue weighted by atomic mass is 35.5. The molecule has 0 N–H and O–H groups in total. The maximum atomic E-state index is 13.3. The molecule has 2 aliphatic heterocycles. The molecule has 2 atom stereocenters.